The van der Waals surface area contributed by atoms with E-state index in [4.69, 9.17) is 11.6 Å². The van der Waals surface area contributed by atoms with Crippen LogP contribution in [0.25, 0.3) is 6.08 Å². The predicted octanol–water partition coefficient (Wildman–Crippen LogP) is 4.05. The molecule has 0 atom stereocenters. The molecule has 0 aromatic heterocycles. The van der Waals surface area contributed by atoms with Crippen LogP contribution in [-0.4, -0.2) is 67.9 Å². The number of benzene rings is 2. The number of nitrogens with one attached hydrogen (secondary N) is 1. The summed E-state index contributed by atoms with van der Waals surface area (Å²) >= 11 is 5.92. The number of likely N-dealkylation sites (N-methyl/N-ethyl adjacent to an activating group) is 1. The first-order chi connectivity index (χ1) is 16.5. The van der Waals surface area contributed by atoms with Crippen molar-refractivity contribution in [1.29, 1.82) is 0 Å². The third-order valence-corrected chi connectivity index (χ3v) is 6.81. The summed E-state index contributed by atoms with van der Waals surface area (Å²) in [5, 5.41) is 3.59. The highest BCUT2D eigenvalue weighted by Gasteiger charge is 2.22. The normalized spacial score (nSPS) is 17.2. The lowest BCUT2D eigenvalue weighted by atomic mass is 10.0. The molecule has 1 N–H and O–H groups in total. The van der Waals surface area contributed by atoms with Crippen LogP contribution in [0.4, 0.5) is 5.69 Å². The van der Waals surface area contributed by atoms with Gasteiger partial charge in [0.25, 0.3) is 5.91 Å². The summed E-state index contributed by atoms with van der Waals surface area (Å²) in [7, 11) is 2.12. The average Bonchev–Trinajstić information content (AvgIpc) is 2.87. The smallest absolute Gasteiger partial charge is 0.253 e. The van der Waals surface area contributed by atoms with Gasteiger partial charge in [0, 0.05) is 68.2 Å². The van der Waals surface area contributed by atoms with Gasteiger partial charge in [-0.3, -0.25) is 9.59 Å². The molecule has 0 spiro atoms. The molecule has 2 fully saturated rings. The van der Waals surface area contributed by atoms with Crippen molar-refractivity contribution < 1.29 is 9.59 Å². The molecule has 0 aliphatic carbocycles. The third kappa shape index (κ3) is 6.39. The van der Waals surface area contributed by atoms with Crippen LogP contribution < -0.4 is 10.2 Å². The minimum Gasteiger partial charge on any atom is -0.368 e. The second-order valence-electron chi connectivity index (χ2n) is 9.09. The summed E-state index contributed by atoms with van der Waals surface area (Å²) < 4.78 is 0. The second-order valence-corrected chi connectivity index (χ2v) is 9.53. The Morgan fingerprint density at radius 2 is 1.65 bits per heavy atom. The Labute approximate surface area is 207 Å². The molecule has 2 saturated heterocycles. The van der Waals surface area contributed by atoms with E-state index in [1.165, 1.54) is 6.42 Å². The van der Waals surface area contributed by atoms with Gasteiger partial charge in [-0.2, -0.15) is 0 Å². The minimum atomic E-state index is -0.159. The van der Waals surface area contributed by atoms with Crippen molar-refractivity contribution in [2.75, 3.05) is 51.2 Å². The van der Waals surface area contributed by atoms with Crippen LogP contribution in [0.3, 0.4) is 0 Å². The van der Waals surface area contributed by atoms with Crippen LogP contribution in [0.1, 0.15) is 40.7 Å². The number of carbonyl (C=O) groups is 2. The average molecular weight is 481 g/mol. The van der Waals surface area contributed by atoms with Gasteiger partial charge >= 0.3 is 0 Å². The van der Waals surface area contributed by atoms with E-state index in [0.29, 0.717) is 11.6 Å². The van der Waals surface area contributed by atoms with Gasteiger partial charge in [0.05, 0.1) is 0 Å². The van der Waals surface area contributed by atoms with Gasteiger partial charge in [0.15, 0.2) is 0 Å². The molecule has 6 nitrogen and oxygen atoms in total. The number of piperidine rings is 1. The van der Waals surface area contributed by atoms with Gasteiger partial charge in [-0.15, -0.1) is 0 Å². The Bertz CT molecular complexity index is 1020. The molecule has 2 amide bonds. The van der Waals surface area contributed by atoms with E-state index in [0.717, 1.165) is 74.5 Å². The highest BCUT2D eigenvalue weighted by atomic mass is 35.5. The molecule has 2 heterocycles. The van der Waals surface area contributed by atoms with Crippen molar-refractivity contribution in [2.45, 2.75) is 25.8 Å². The van der Waals surface area contributed by atoms with Gasteiger partial charge < -0.3 is 20.0 Å². The van der Waals surface area contributed by atoms with Gasteiger partial charge in [-0.1, -0.05) is 29.8 Å². The van der Waals surface area contributed by atoms with Crippen molar-refractivity contribution in [2.24, 2.45) is 0 Å². The summed E-state index contributed by atoms with van der Waals surface area (Å²) in [4.78, 5) is 32.2. The van der Waals surface area contributed by atoms with Crippen LogP contribution in [0.2, 0.25) is 5.02 Å². The molecular weight excluding hydrogens is 448 g/mol. The van der Waals surface area contributed by atoms with Gasteiger partial charge in [-0.05, 0) is 67.8 Å². The molecule has 4 rings (SSSR count). The molecule has 0 radical (unpaired) electrons. The number of rotatable bonds is 6. The van der Waals surface area contributed by atoms with Crippen LogP contribution in [-0.2, 0) is 11.3 Å². The molecule has 2 aromatic rings. The maximum absolute atomic E-state index is 13.1. The number of likely N-dealkylation sites (tertiary alicyclic amines) is 1. The number of piperazine rings is 1. The Balaban J connectivity index is 1.49. The maximum Gasteiger partial charge on any atom is 0.253 e. The fourth-order valence-corrected chi connectivity index (χ4v) is 4.56. The summed E-state index contributed by atoms with van der Waals surface area (Å²) in [5.41, 5.74) is 3.67. The lowest BCUT2D eigenvalue weighted by Gasteiger charge is -2.35. The van der Waals surface area contributed by atoms with Crippen LogP contribution in [0.5, 0.6) is 0 Å². The molecule has 2 aromatic carbocycles. The highest BCUT2D eigenvalue weighted by molar-refractivity contribution is 6.30. The highest BCUT2D eigenvalue weighted by Crippen LogP contribution is 2.26. The zero-order chi connectivity index (χ0) is 23.9. The Morgan fingerprint density at radius 3 is 2.35 bits per heavy atom. The standard InChI is InChI=1S/C27H33ClN4O2/c1-30-15-17-31(18-16-30)25-19-23(27(34)32-13-3-2-4-14-32)8-7-22(25)9-12-26(33)29-20-21-5-10-24(28)11-6-21/h5-12,19H,2-4,13-18,20H2,1H3,(H,29,33). The molecule has 34 heavy (non-hydrogen) atoms. The van der Waals surface area contributed by atoms with E-state index in [1.54, 1.807) is 6.08 Å². The van der Waals surface area contributed by atoms with Gasteiger partial charge in [-0.25, -0.2) is 0 Å². The molecular formula is C27H33ClN4O2. The number of hydrogen-bond donors (Lipinski definition) is 1. The van der Waals surface area contributed by atoms with Crippen molar-refractivity contribution in [3.05, 3.63) is 70.3 Å². The zero-order valence-corrected chi connectivity index (χ0v) is 20.6. The summed E-state index contributed by atoms with van der Waals surface area (Å²) in [6.45, 7) is 5.82. The SMILES string of the molecule is CN1CCN(c2cc(C(=O)N3CCCCC3)ccc2C=CC(=O)NCc2ccc(Cl)cc2)CC1. The Kier molecular flexibility index (Phi) is 8.25. The van der Waals surface area contributed by atoms with E-state index < -0.39 is 0 Å². The number of nitrogens with zero attached hydrogens (tertiary/aromatic N) is 3. The zero-order valence-electron chi connectivity index (χ0n) is 19.8. The van der Waals surface area contributed by atoms with Crippen molar-refractivity contribution in [3.8, 4) is 0 Å². The summed E-state index contributed by atoms with van der Waals surface area (Å²) in [6, 6.07) is 13.3. The third-order valence-electron chi connectivity index (χ3n) is 6.56. The van der Waals surface area contributed by atoms with Crippen LogP contribution >= 0.6 is 11.6 Å². The van der Waals surface area contributed by atoms with Crippen molar-refractivity contribution >= 4 is 35.2 Å². The van der Waals surface area contributed by atoms with Gasteiger partial charge in [0.2, 0.25) is 5.91 Å². The van der Waals surface area contributed by atoms with E-state index >= 15 is 0 Å². The predicted molar refractivity (Wildman–Crippen MR) is 138 cm³/mol. The van der Waals surface area contributed by atoms with Crippen molar-refractivity contribution in [1.82, 2.24) is 15.1 Å². The quantitative estimate of drug-likeness (QED) is 0.634. The van der Waals surface area contributed by atoms with Crippen LogP contribution in [0, 0.1) is 0 Å². The second kappa shape index (κ2) is 11.5. The first-order valence-electron chi connectivity index (χ1n) is 12.1. The van der Waals surface area contributed by atoms with E-state index in [2.05, 4.69) is 22.2 Å². The lowest BCUT2D eigenvalue weighted by Crippen LogP contribution is -2.44. The lowest BCUT2D eigenvalue weighted by molar-refractivity contribution is -0.116. The first kappa shape index (κ1) is 24.3. The monoisotopic (exact) mass is 480 g/mol. The fraction of sp³-hybridized carbons (Fsp3) is 0.407. The Morgan fingerprint density at radius 1 is 0.941 bits per heavy atom. The first-order valence-corrected chi connectivity index (χ1v) is 12.4. The van der Waals surface area contributed by atoms with Crippen LogP contribution in [0.15, 0.2) is 48.5 Å². The number of hydrogen-bond acceptors (Lipinski definition) is 4. The molecule has 0 saturated carbocycles. The fourth-order valence-electron chi connectivity index (χ4n) is 4.43. The van der Waals surface area contributed by atoms with E-state index in [9.17, 15) is 9.59 Å². The van der Waals surface area contributed by atoms with Crippen molar-refractivity contribution in [3.63, 3.8) is 0 Å². The molecule has 7 heteroatoms. The van der Waals surface area contributed by atoms with Gasteiger partial charge in [0.1, 0.15) is 0 Å². The largest absolute Gasteiger partial charge is 0.368 e. The molecule has 0 unspecified atom stereocenters. The maximum atomic E-state index is 13.1. The number of carbonyl (C=O) groups excluding carboxylic acids is 2. The summed E-state index contributed by atoms with van der Waals surface area (Å²) in [6.07, 6.45) is 6.75. The minimum absolute atomic E-state index is 0.103. The van der Waals surface area contributed by atoms with E-state index in [-0.39, 0.29) is 11.8 Å². The summed E-state index contributed by atoms with van der Waals surface area (Å²) in [5.74, 6) is -0.0564. The van der Waals surface area contributed by atoms with E-state index in [1.807, 2.05) is 53.4 Å². The molecule has 0 bridgehead atoms. The topological polar surface area (TPSA) is 55.9 Å². The Hall–Kier alpha value is -2.83. The number of halogens is 1. The molecule has 180 valence electrons. The number of anilines is 1. The number of amides is 2. The molecule has 2 aliphatic heterocycles. The molecule has 2 aliphatic rings.